The predicted molar refractivity (Wildman–Crippen MR) is 61.8 cm³/mol. The molecule has 3 heteroatoms. The van der Waals surface area contributed by atoms with Crippen LogP contribution in [0.4, 0.5) is 0 Å². The van der Waals surface area contributed by atoms with Gasteiger partial charge in [0.2, 0.25) is 0 Å². The van der Waals surface area contributed by atoms with Crippen LogP contribution in [0.15, 0.2) is 24.4 Å². The monoisotopic (exact) mass is 218 g/mol. The lowest BCUT2D eigenvalue weighted by molar-refractivity contribution is 0.0304. The van der Waals surface area contributed by atoms with E-state index in [1.807, 2.05) is 18.3 Å². The lowest BCUT2D eigenvalue weighted by Crippen LogP contribution is -2.44. The van der Waals surface area contributed by atoms with Gasteiger partial charge in [0.1, 0.15) is 0 Å². The molecule has 0 spiro atoms. The average Bonchev–Trinajstić information content (AvgIpc) is 2.54. The van der Waals surface area contributed by atoms with Crippen LogP contribution in [0, 0.1) is 0 Å². The summed E-state index contributed by atoms with van der Waals surface area (Å²) in [7, 11) is 0. The Morgan fingerprint density at radius 2 is 2.00 bits per heavy atom. The van der Waals surface area contributed by atoms with Crippen molar-refractivity contribution in [3.8, 4) is 0 Å². The molecular weight excluding hydrogens is 200 g/mol. The minimum absolute atomic E-state index is 0.0718. The molecule has 2 fully saturated rings. The van der Waals surface area contributed by atoms with Crippen molar-refractivity contribution in [2.24, 2.45) is 0 Å². The fourth-order valence-corrected chi connectivity index (χ4v) is 3.18. The highest BCUT2D eigenvalue weighted by atomic mass is 16.3. The molecule has 1 aromatic heterocycles. The minimum Gasteiger partial charge on any atom is -0.393 e. The number of hydrogen-bond acceptors (Lipinski definition) is 3. The lowest BCUT2D eigenvalue weighted by Gasteiger charge is -2.36. The van der Waals surface area contributed by atoms with Crippen LogP contribution in [0.1, 0.15) is 31.4 Å². The van der Waals surface area contributed by atoms with Gasteiger partial charge < -0.3 is 5.11 Å². The predicted octanol–water partition coefficient (Wildman–Crippen LogP) is 1.57. The van der Waals surface area contributed by atoms with Gasteiger partial charge in [-0.15, -0.1) is 0 Å². The highest BCUT2D eigenvalue weighted by Gasteiger charge is 2.39. The average molecular weight is 218 g/mol. The first-order valence-corrected chi connectivity index (χ1v) is 6.16. The van der Waals surface area contributed by atoms with Gasteiger partial charge in [-0.3, -0.25) is 9.88 Å². The zero-order chi connectivity index (χ0) is 11.0. The summed E-state index contributed by atoms with van der Waals surface area (Å²) in [5, 5.41) is 9.73. The maximum Gasteiger partial charge on any atom is 0.0570 e. The van der Waals surface area contributed by atoms with Crippen LogP contribution in [0.25, 0.3) is 0 Å². The van der Waals surface area contributed by atoms with Crippen molar-refractivity contribution in [3.05, 3.63) is 30.1 Å². The third kappa shape index (κ3) is 1.85. The van der Waals surface area contributed by atoms with Crippen molar-refractivity contribution >= 4 is 0 Å². The van der Waals surface area contributed by atoms with Gasteiger partial charge in [-0.25, -0.2) is 0 Å². The molecule has 0 aromatic carbocycles. The van der Waals surface area contributed by atoms with Gasteiger partial charge in [-0.2, -0.15) is 0 Å². The summed E-state index contributed by atoms with van der Waals surface area (Å²) in [4.78, 5) is 6.92. The van der Waals surface area contributed by atoms with E-state index in [-0.39, 0.29) is 6.10 Å². The van der Waals surface area contributed by atoms with Crippen molar-refractivity contribution < 1.29 is 5.11 Å². The summed E-state index contributed by atoms with van der Waals surface area (Å²) in [5.74, 6) is 0. The molecule has 0 saturated carbocycles. The van der Waals surface area contributed by atoms with Crippen molar-refractivity contribution in [2.45, 2.75) is 50.4 Å². The van der Waals surface area contributed by atoms with Gasteiger partial charge in [0.25, 0.3) is 0 Å². The number of hydrogen-bond donors (Lipinski definition) is 1. The fourth-order valence-electron chi connectivity index (χ4n) is 3.18. The van der Waals surface area contributed by atoms with E-state index >= 15 is 0 Å². The first-order chi connectivity index (χ1) is 7.83. The number of fused-ring (bicyclic) bond motifs is 2. The van der Waals surface area contributed by atoms with Crippen LogP contribution in [0.2, 0.25) is 0 Å². The van der Waals surface area contributed by atoms with E-state index in [1.165, 1.54) is 12.8 Å². The standard InChI is InChI=1S/C13H18N2O/c16-13-7-11-4-5-12(8-13)15(11)9-10-3-1-2-6-14-10/h1-3,6,11-13,16H,4-5,7-9H2/t11-,12+,13?. The van der Waals surface area contributed by atoms with Gasteiger partial charge >= 0.3 is 0 Å². The zero-order valence-corrected chi connectivity index (χ0v) is 9.42. The number of aliphatic hydroxyl groups is 1. The summed E-state index contributed by atoms with van der Waals surface area (Å²) in [6.07, 6.45) is 6.17. The molecule has 1 N–H and O–H groups in total. The third-order valence-electron chi connectivity index (χ3n) is 3.93. The SMILES string of the molecule is OC1C[C@H]2CC[C@@H](C1)N2Cc1ccccn1. The summed E-state index contributed by atoms with van der Waals surface area (Å²) >= 11 is 0. The molecule has 3 heterocycles. The molecule has 0 aliphatic carbocycles. The Morgan fingerprint density at radius 3 is 2.62 bits per heavy atom. The van der Waals surface area contributed by atoms with Gasteiger partial charge in [-0.1, -0.05) is 6.07 Å². The molecule has 3 rings (SSSR count). The molecular formula is C13H18N2O. The number of aromatic nitrogens is 1. The van der Waals surface area contributed by atoms with Gasteiger partial charge in [0.05, 0.1) is 11.8 Å². The van der Waals surface area contributed by atoms with E-state index in [0.29, 0.717) is 12.1 Å². The van der Waals surface area contributed by atoms with Crippen molar-refractivity contribution in [2.75, 3.05) is 0 Å². The van der Waals surface area contributed by atoms with Crippen molar-refractivity contribution in [1.29, 1.82) is 0 Å². The first kappa shape index (κ1) is 10.2. The number of nitrogens with zero attached hydrogens (tertiary/aromatic N) is 2. The molecule has 3 atom stereocenters. The van der Waals surface area contributed by atoms with Crippen molar-refractivity contribution in [1.82, 2.24) is 9.88 Å². The zero-order valence-electron chi connectivity index (χ0n) is 9.42. The van der Waals surface area contributed by atoms with Crippen LogP contribution in [0.5, 0.6) is 0 Å². The smallest absolute Gasteiger partial charge is 0.0570 e. The molecule has 0 amide bonds. The Kier molecular flexibility index (Phi) is 2.65. The van der Waals surface area contributed by atoms with Crippen LogP contribution >= 0.6 is 0 Å². The quantitative estimate of drug-likeness (QED) is 0.818. The molecule has 1 aromatic rings. The highest BCUT2D eigenvalue weighted by molar-refractivity contribution is 5.06. The molecule has 2 aliphatic rings. The van der Waals surface area contributed by atoms with E-state index in [4.69, 9.17) is 0 Å². The summed E-state index contributed by atoms with van der Waals surface area (Å²) in [5.41, 5.74) is 1.15. The normalized spacial score (nSPS) is 34.2. The second-order valence-electron chi connectivity index (χ2n) is 5.00. The highest BCUT2D eigenvalue weighted by Crippen LogP contribution is 2.36. The molecule has 2 bridgehead atoms. The van der Waals surface area contributed by atoms with Crippen molar-refractivity contribution in [3.63, 3.8) is 0 Å². The number of piperidine rings is 1. The molecule has 0 radical (unpaired) electrons. The number of rotatable bonds is 2. The summed E-state index contributed by atoms with van der Waals surface area (Å²) < 4.78 is 0. The Balaban J connectivity index is 1.72. The molecule has 3 nitrogen and oxygen atoms in total. The summed E-state index contributed by atoms with van der Waals surface area (Å²) in [6, 6.07) is 7.25. The van der Waals surface area contributed by atoms with Crippen LogP contribution in [-0.2, 0) is 6.54 Å². The Bertz CT molecular complexity index is 340. The van der Waals surface area contributed by atoms with E-state index in [2.05, 4.69) is 16.0 Å². The lowest BCUT2D eigenvalue weighted by atomic mass is 10.00. The largest absolute Gasteiger partial charge is 0.393 e. The second kappa shape index (κ2) is 4.15. The van der Waals surface area contributed by atoms with Gasteiger partial charge in [0, 0.05) is 24.8 Å². The topological polar surface area (TPSA) is 36.4 Å². The van der Waals surface area contributed by atoms with E-state index in [9.17, 15) is 5.11 Å². The maximum absolute atomic E-state index is 9.73. The van der Waals surface area contributed by atoms with E-state index in [0.717, 1.165) is 25.1 Å². The number of pyridine rings is 1. The van der Waals surface area contributed by atoms with Crippen LogP contribution in [-0.4, -0.2) is 33.2 Å². The summed E-state index contributed by atoms with van der Waals surface area (Å²) in [6.45, 7) is 0.947. The minimum atomic E-state index is -0.0718. The first-order valence-electron chi connectivity index (χ1n) is 6.16. The molecule has 2 saturated heterocycles. The second-order valence-corrected chi connectivity index (χ2v) is 5.00. The van der Waals surface area contributed by atoms with E-state index < -0.39 is 0 Å². The Labute approximate surface area is 96.1 Å². The molecule has 86 valence electrons. The molecule has 2 aliphatic heterocycles. The maximum atomic E-state index is 9.73. The molecule has 16 heavy (non-hydrogen) atoms. The third-order valence-corrected chi connectivity index (χ3v) is 3.93. The molecule has 1 unspecified atom stereocenters. The Hall–Kier alpha value is -0.930. The fraction of sp³-hybridized carbons (Fsp3) is 0.615. The Morgan fingerprint density at radius 1 is 1.25 bits per heavy atom. The van der Waals surface area contributed by atoms with E-state index in [1.54, 1.807) is 0 Å². The van der Waals surface area contributed by atoms with Gasteiger partial charge in [-0.05, 0) is 37.8 Å². The number of aliphatic hydroxyl groups excluding tert-OH is 1. The van der Waals surface area contributed by atoms with Gasteiger partial charge in [0.15, 0.2) is 0 Å². The van der Waals surface area contributed by atoms with Crippen LogP contribution < -0.4 is 0 Å². The van der Waals surface area contributed by atoms with Crippen LogP contribution in [0.3, 0.4) is 0 Å².